The third-order valence-corrected chi connectivity index (χ3v) is 11.6. The Bertz CT molecular complexity index is 950. The van der Waals surface area contributed by atoms with Crippen molar-refractivity contribution in [1.29, 1.82) is 0 Å². The van der Waals surface area contributed by atoms with Crippen LogP contribution in [0.1, 0.15) is 204 Å². The second-order valence-corrected chi connectivity index (χ2v) is 16.0. The molecule has 0 aliphatic carbocycles. The molecule has 0 radical (unpaired) electrons. The molecule has 1 rings (SSSR count). The van der Waals surface area contributed by atoms with Crippen molar-refractivity contribution in [3.8, 4) is 0 Å². The second kappa shape index (κ2) is 28.9. The number of carbonyl (C=O) groups is 1. The molecule has 46 heavy (non-hydrogen) atoms. The van der Waals surface area contributed by atoms with Crippen molar-refractivity contribution in [3.63, 3.8) is 0 Å². The monoisotopic (exact) mass is 681 g/mol. The minimum atomic E-state index is -3.77. The highest BCUT2D eigenvalue weighted by molar-refractivity contribution is 7.89. The Morgan fingerprint density at radius 3 is 1.17 bits per heavy atom. The van der Waals surface area contributed by atoms with Gasteiger partial charge in [0, 0.05) is 18.0 Å². The molecule has 0 aliphatic rings. The zero-order valence-corrected chi connectivity index (χ0v) is 31.6. The van der Waals surface area contributed by atoms with E-state index >= 15 is 0 Å². The van der Waals surface area contributed by atoms with Crippen LogP contribution in [-0.2, 0) is 10.0 Å². The van der Waals surface area contributed by atoms with Gasteiger partial charge >= 0.3 is 5.97 Å². The minimum Gasteiger partial charge on any atom is -0.478 e. The average Bonchev–Trinajstić information content (AvgIpc) is 3.03. The van der Waals surface area contributed by atoms with E-state index in [1.807, 2.05) is 0 Å². The van der Waals surface area contributed by atoms with E-state index in [1.54, 1.807) is 4.31 Å². The van der Waals surface area contributed by atoms with Crippen molar-refractivity contribution in [3.05, 3.63) is 23.8 Å². The summed E-state index contributed by atoms with van der Waals surface area (Å²) < 4.78 is 28.9. The van der Waals surface area contributed by atoms with Crippen LogP contribution < -0.4 is 0 Å². The summed E-state index contributed by atoms with van der Waals surface area (Å²) in [5, 5.41) is 9.53. The number of carboxylic acids is 1. The largest absolute Gasteiger partial charge is 0.478 e. The Labute approximate surface area is 290 Å². The van der Waals surface area contributed by atoms with Gasteiger partial charge in [-0.05, 0) is 31.0 Å². The van der Waals surface area contributed by atoms with Crippen LogP contribution in [0.15, 0.2) is 28.0 Å². The maximum Gasteiger partial charge on any atom is 0.336 e. The summed E-state index contributed by atoms with van der Waals surface area (Å²) in [7, 11) is -3.77. The number of hydrogen-bond donors (Lipinski definition) is 2. The van der Waals surface area contributed by atoms with Gasteiger partial charge in [0.2, 0.25) is 10.0 Å². The number of unbranched alkanes of at least 4 members (excludes halogenated alkanes) is 26. The van der Waals surface area contributed by atoms with Crippen molar-refractivity contribution in [1.82, 2.24) is 4.31 Å². The number of benzene rings is 1. The van der Waals surface area contributed by atoms with E-state index in [2.05, 4.69) is 26.5 Å². The molecular formula is C39H71NO4S2. The molecule has 0 fully saturated rings. The Balaban J connectivity index is 2.40. The van der Waals surface area contributed by atoms with E-state index in [0.29, 0.717) is 13.1 Å². The van der Waals surface area contributed by atoms with E-state index in [4.69, 9.17) is 0 Å². The van der Waals surface area contributed by atoms with Crippen LogP contribution in [0.5, 0.6) is 0 Å². The number of thiol groups is 1. The highest BCUT2D eigenvalue weighted by Crippen LogP contribution is 2.24. The van der Waals surface area contributed by atoms with Gasteiger partial charge in [-0.25, -0.2) is 13.2 Å². The van der Waals surface area contributed by atoms with Crippen LogP contribution in [-0.4, -0.2) is 36.9 Å². The van der Waals surface area contributed by atoms with Crippen LogP contribution in [0.3, 0.4) is 0 Å². The molecule has 0 atom stereocenters. The normalized spacial score (nSPS) is 11.9. The van der Waals surface area contributed by atoms with Crippen LogP contribution in [0.25, 0.3) is 0 Å². The minimum absolute atomic E-state index is 0.0541. The second-order valence-electron chi connectivity index (χ2n) is 13.6. The SMILES string of the molecule is CCCCCCCCCCCCCCCCN(CCCCCCCCCCCCCCCC)S(=O)(=O)c1ccc(S)c(C(=O)O)c1. The lowest BCUT2D eigenvalue weighted by molar-refractivity contribution is 0.0693. The Morgan fingerprint density at radius 2 is 0.870 bits per heavy atom. The summed E-state index contributed by atoms with van der Waals surface area (Å²) in [5.41, 5.74) is -0.0719. The Kier molecular flexibility index (Phi) is 27.0. The lowest BCUT2D eigenvalue weighted by Gasteiger charge is -2.23. The van der Waals surface area contributed by atoms with Crippen LogP contribution in [0.2, 0.25) is 0 Å². The van der Waals surface area contributed by atoms with Gasteiger partial charge in [-0.15, -0.1) is 12.6 Å². The zero-order chi connectivity index (χ0) is 33.7. The van der Waals surface area contributed by atoms with E-state index < -0.39 is 16.0 Å². The van der Waals surface area contributed by atoms with Crippen molar-refractivity contribution >= 4 is 28.6 Å². The van der Waals surface area contributed by atoms with Gasteiger partial charge in [0.15, 0.2) is 0 Å². The number of hydrogen-bond acceptors (Lipinski definition) is 4. The first-order chi connectivity index (χ1) is 22.3. The average molecular weight is 682 g/mol. The summed E-state index contributed by atoms with van der Waals surface area (Å²) in [4.78, 5) is 12.0. The molecule has 1 aromatic carbocycles. The van der Waals surface area contributed by atoms with E-state index in [1.165, 1.54) is 159 Å². The molecule has 268 valence electrons. The Hall–Kier alpha value is -1.05. The van der Waals surface area contributed by atoms with Crippen LogP contribution >= 0.6 is 12.6 Å². The molecule has 0 amide bonds. The molecule has 0 spiro atoms. The molecule has 7 heteroatoms. The molecule has 0 aromatic heterocycles. The third kappa shape index (κ3) is 21.0. The summed E-state index contributed by atoms with van der Waals surface area (Å²) >= 11 is 4.21. The fourth-order valence-corrected chi connectivity index (χ4v) is 8.09. The van der Waals surface area contributed by atoms with Gasteiger partial charge in [-0.3, -0.25) is 0 Å². The Morgan fingerprint density at radius 1 is 0.565 bits per heavy atom. The van der Waals surface area contributed by atoms with Crippen molar-refractivity contribution in [2.24, 2.45) is 0 Å². The summed E-state index contributed by atoms with van der Waals surface area (Å²) in [5.74, 6) is -1.16. The standard InChI is InChI=1S/C39H71NO4S2/c1-3-5-7-9-11-13-15-17-19-21-23-25-27-29-33-40(46(43,44)36-31-32-38(45)37(35-36)39(41)42)34-30-28-26-24-22-20-18-16-14-12-10-8-6-4-2/h31-32,35,45H,3-30,33-34H2,1-2H3,(H,41,42). The first-order valence-corrected chi connectivity index (χ1v) is 21.3. The fourth-order valence-electron chi connectivity index (χ4n) is 6.31. The van der Waals surface area contributed by atoms with Crippen molar-refractivity contribution < 1.29 is 18.3 Å². The highest BCUT2D eigenvalue weighted by Gasteiger charge is 2.25. The molecule has 0 saturated heterocycles. The van der Waals surface area contributed by atoms with Gasteiger partial charge in [0.05, 0.1) is 10.5 Å². The number of rotatable bonds is 33. The number of aromatic carboxylic acids is 1. The van der Waals surface area contributed by atoms with E-state index in [9.17, 15) is 18.3 Å². The topological polar surface area (TPSA) is 74.7 Å². The molecule has 0 saturated carbocycles. The lowest BCUT2D eigenvalue weighted by atomic mass is 10.0. The zero-order valence-electron chi connectivity index (χ0n) is 29.9. The maximum absolute atomic E-state index is 13.7. The van der Waals surface area contributed by atoms with E-state index in [0.717, 1.165) is 38.5 Å². The lowest BCUT2D eigenvalue weighted by Crippen LogP contribution is -2.33. The number of sulfonamides is 1. The predicted octanol–water partition coefficient (Wildman–Crippen LogP) is 12.6. The van der Waals surface area contributed by atoms with Crippen molar-refractivity contribution in [2.75, 3.05) is 13.1 Å². The van der Waals surface area contributed by atoms with Gasteiger partial charge in [-0.1, -0.05) is 181 Å². The summed E-state index contributed by atoms with van der Waals surface area (Å²) in [6.45, 7) is 5.51. The van der Waals surface area contributed by atoms with Crippen molar-refractivity contribution in [2.45, 2.75) is 203 Å². The first-order valence-electron chi connectivity index (χ1n) is 19.4. The maximum atomic E-state index is 13.7. The number of nitrogens with zero attached hydrogens (tertiary/aromatic N) is 1. The quantitative estimate of drug-likeness (QED) is 0.0572. The summed E-state index contributed by atoms with van der Waals surface area (Å²) in [6.07, 6.45) is 35.4. The first kappa shape index (κ1) is 43.0. The van der Waals surface area contributed by atoms with Crippen LogP contribution in [0, 0.1) is 0 Å². The predicted molar refractivity (Wildman–Crippen MR) is 200 cm³/mol. The molecule has 1 N–H and O–H groups in total. The van der Waals surface area contributed by atoms with Gasteiger partial charge in [0.25, 0.3) is 0 Å². The van der Waals surface area contributed by atoms with Gasteiger partial charge in [0.1, 0.15) is 0 Å². The molecular weight excluding hydrogens is 611 g/mol. The smallest absolute Gasteiger partial charge is 0.336 e. The molecule has 5 nitrogen and oxygen atoms in total. The highest BCUT2D eigenvalue weighted by atomic mass is 32.2. The fraction of sp³-hybridized carbons (Fsp3) is 0.821. The molecule has 1 aromatic rings. The van der Waals surface area contributed by atoms with Crippen LogP contribution in [0.4, 0.5) is 0 Å². The molecule has 0 aliphatic heterocycles. The van der Waals surface area contributed by atoms with E-state index in [-0.39, 0.29) is 15.4 Å². The van der Waals surface area contributed by atoms with Gasteiger partial charge < -0.3 is 5.11 Å². The molecule has 0 heterocycles. The molecule has 0 unspecified atom stereocenters. The van der Waals surface area contributed by atoms with Gasteiger partial charge in [-0.2, -0.15) is 4.31 Å². The molecule has 0 bridgehead atoms. The summed E-state index contributed by atoms with van der Waals surface area (Å²) in [6, 6.07) is 4.24. The third-order valence-electron chi connectivity index (χ3n) is 9.36. The number of carboxylic acid groups (broad SMARTS) is 1.